The molecule has 0 aliphatic heterocycles. The predicted octanol–water partition coefficient (Wildman–Crippen LogP) is 2.82. The van der Waals surface area contributed by atoms with Gasteiger partial charge in [-0.3, -0.25) is 0 Å². The van der Waals surface area contributed by atoms with Crippen LogP contribution in [0.3, 0.4) is 0 Å². The summed E-state index contributed by atoms with van der Waals surface area (Å²) in [6.07, 6.45) is 0.644. The summed E-state index contributed by atoms with van der Waals surface area (Å²) >= 11 is 0. The highest BCUT2D eigenvalue weighted by Crippen LogP contribution is 2.12. The van der Waals surface area contributed by atoms with Crippen LogP contribution in [0.1, 0.15) is 37.0 Å². The third-order valence-electron chi connectivity index (χ3n) is 2.76. The molecule has 15 heavy (non-hydrogen) atoms. The summed E-state index contributed by atoms with van der Waals surface area (Å²) in [5.41, 5.74) is 2.55. The molecule has 0 aromatic heterocycles. The van der Waals surface area contributed by atoms with E-state index in [4.69, 9.17) is 0 Å². The fraction of sp³-hybridized carbons (Fsp3) is 0.429. The molecule has 1 aromatic rings. The Balaban J connectivity index is 3.04. The standard InChI is InChI=1S/C14H18O/c1-5-14(4,15)10-9-13-8-6-7-11(2)12(13)3/h6-8,15H,5H2,1-4H3. The first-order chi connectivity index (χ1) is 6.96. The smallest absolute Gasteiger partial charge is 0.122 e. The predicted molar refractivity (Wildman–Crippen MR) is 63.7 cm³/mol. The number of hydrogen-bond donors (Lipinski definition) is 1. The first-order valence-corrected chi connectivity index (χ1v) is 5.28. The number of hydrogen-bond acceptors (Lipinski definition) is 1. The molecule has 0 radical (unpaired) electrons. The molecule has 1 heteroatoms. The third-order valence-corrected chi connectivity index (χ3v) is 2.76. The van der Waals surface area contributed by atoms with E-state index in [1.165, 1.54) is 11.1 Å². The second kappa shape index (κ2) is 4.51. The first kappa shape index (κ1) is 11.8. The Morgan fingerprint density at radius 1 is 1.33 bits per heavy atom. The monoisotopic (exact) mass is 202 g/mol. The highest BCUT2D eigenvalue weighted by molar-refractivity contribution is 5.45. The Bertz CT molecular complexity index is 405. The molecule has 0 heterocycles. The fourth-order valence-corrected chi connectivity index (χ4v) is 1.18. The third kappa shape index (κ3) is 3.11. The normalized spacial score (nSPS) is 13.9. The zero-order chi connectivity index (χ0) is 11.5. The van der Waals surface area contributed by atoms with Gasteiger partial charge in [-0.05, 0) is 44.4 Å². The van der Waals surface area contributed by atoms with E-state index in [1.54, 1.807) is 6.92 Å². The Kier molecular flexibility index (Phi) is 3.55. The number of aryl methyl sites for hydroxylation is 1. The zero-order valence-electron chi connectivity index (χ0n) is 9.89. The second-order valence-electron chi connectivity index (χ2n) is 4.12. The molecule has 1 N–H and O–H groups in total. The lowest BCUT2D eigenvalue weighted by atomic mass is 10.0. The van der Waals surface area contributed by atoms with Crippen molar-refractivity contribution >= 4 is 0 Å². The molecule has 1 atom stereocenters. The van der Waals surface area contributed by atoms with Gasteiger partial charge in [0.2, 0.25) is 0 Å². The van der Waals surface area contributed by atoms with Gasteiger partial charge in [0.25, 0.3) is 0 Å². The highest BCUT2D eigenvalue weighted by Gasteiger charge is 2.12. The number of rotatable bonds is 1. The van der Waals surface area contributed by atoms with Gasteiger partial charge in [-0.15, -0.1) is 0 Å². The summed E-state index contributed by atoms with van der Waals surface area (Å²) in [6.45, 7) is 7.79. The number of aliphatic hydroxyl groups is 1. The molecule has 0 amide bonds. The van der Waals surface area contributed by atoms with Crippen LogP contribution in [0.4, 0.5) is 0 Å². The van der Waals surface area contributed by atoms with Crippen molar-refractivity contribution < 1.29 is 5.11 Å². The highest BCUT2D eigenvalue weighted by atomic mass is 16.3. The van der Waals surface area contributed by atoms with Crippen LogP contribution in [0.15, 0.2) is 18.2 Å². The maximum atomic E-state index is 9.77. The summed E-state index contributed by atoms with van der Waals surface area (Å²) in [5.74, 6) is 5.94. The Hall–Kier alpha value is -1.26. The van der Waals surface area contributed by atoms with Crippen LogP contribution < -0.4 is 0 Å². The van der Waals surface area contributed by atoms with Gasteiger partial charge in [-0.2, -0.15) is 0 Å². The van der Waals surface area contributed by atoms with Crippen molar-refractivity contribution in [1.82, 2.24) is 0 Å². The molecule has 0 aliphatic rings. The summed E-state index contributed by atoms with van der Waals surface area (Å²) < 4.78 is 0. The maximum Gasteiger partial charge on any atom is 0.122 e. The van der Waals surface area contributed by atoms with E-state index in [-0.39, 0.29) is 0 Å². The van der Waals surface area contributed by atoms with Crippen molar-refractivity contribution in [1.29, 1.82) is 0 Å². The first-order valence-electron chi connectivity index (χ1n) is 5.28. The fourth-order valence-electron chi connectivity index (χ4n) is 1.18. The van der Waals surface area contributed by atoms with E-state index in [9.17, 15) is 5.11 Å². The van der Waals surface area contributed by atoms with Crippen LogP contribution in [0.5, 0.6) is 0 Å². The Morgan fingerprint density at radius 2 is 2.00 bits per heavy atom. The van der Waals surface area contributed by atoms with Gasteiger partial charge < -0.3 is 5.11 Å². The maximum absolute atomic E-state index is 9.77. The lowest BCUT2D eigenvalue weighted by Crippen LogP contribution is -2.19. The van der Waals surface area contributed by atoms with E-state index in [0.717, 1.165) is 5.56 Å². The van der Waals surface area contributed by atoms with Gasteiger partial charge in [-0.25, -0.2) is 0 Å². The van der Waals surface area contributed by atoms with Crippen LogP contribution in [-0.2, 0) is 0 Å². The Morgan fingerprint density at radius 3 is 2.60 bits per heavy atom. The van der Waals surface area contributed by atoms with Gasteiger partial charge in [0.15, 0.2) is 0 Å². The molecule has 1 rings (SSSR count). The van der Waals surface area contributed by atoms with Crippen LogP contribution in [0.2, 0.25) is 0 Å². The average molecular weight is 202 g/mol. The van der Waals surface area contributed by atoms with Crippen molar-refractivity contribution in [2.24, 2.45) is 0 Å². The molecular weight excluding hydrogens is 184 g/mol. The van der Waals surface area contributed by atoms with E-state index >= 15 is 0 Å². The second-order valence-corrected chi connectivity index (χ2v) is 4.12. The molecule has 80 valence electrons. The summed E-state index contributed by atoms with van der Waals surface area (Å²) in [5, 5.41) is 9.77. The zero-order valence-corrected chi connectivity index (χ0v) is 9.89. The molecule has 0 aliphatic carbocycles. The topological polar surface area (TPSA) is 20.2 Å². The summed E-state index contributed by atoms with van der Waals surface area (Å²) in [4.78, 5) is 0. The van der Waals surface area contributed by atoms with Gasteiger partial charge in [0.1, 0.15) is 5.60 Å². The molecule has 0 saturated carbocycles. The van der Waals surface area contributed by atoms with Crippen molar-refractivity contribution in [2.75, 3.05) is 0 Å². The molecular formula is C14H18O. The molecule has 0 bridgehead atoms. The van der Waals surface area contributed by atoms with Crippen LogP contribution >= 0.6 is 0 Å². The SMILES string of the molecule is CCC(C)(O)C#Cc1cccc(C)c1C. The Labute approximate surface area is 92.1 Å². The number of benzene rings is 1. The van der Waals surface area contributed by atoms with Crippen LogP contribution in [0.25, 0.3) is 0 Å². The van der Waals surface area contributed by atoms with Gasteiger partial charge >= 0.3 is 0 Å². The average Bonchev–Trinajstić information content (AvgIpc) is 2.20. The van der Waals surface area contributed by atoms with Gasteiger partial charge in [0.05, 0.1) is 0 Å². The van der Waals surface area contributed by atoms with Gasteiger partial charge in [0, 0.05) is 5.56 Å². The quantitative estimate of drug-likeness (QED) is 0.694. The minimum absolute atomic E-state index is 0.644. The van der Waals surface area contributed by atoms with Gasteiger partial charge in [-0.1, -0.05) is 30.9 Å². The molecule has 0 fully saturated rings. The van der Waals surface area contributed by atoms with Crippen LogP contribution in [0, 0.1) is 25.7 Å². The minimum atomic E-state index is -0.879. The molecule has 1 aromatic carbocycles. The molecule has 0 spiro atoms. The lowest BCUT2D eigenvalue weighted by Gasteiger charge is -2.12. The van der Waals surface area contributed by atoms with E-state index in [1.807, 2.05) is 19.1 Å². The molecule has 1 unspecified atom stereocenters. The largest absolute Gasteiger partial charge is 0.378 e. The minimum Gasteiger partial charge on any atom is -0.378 e. The summed E-state index contributed by atoms with van der Waals surface area (Å²) in [7, 11) is 0. The van der Waals surface area contributed by atoms with Crippen molar-refractivity contribution in [3.05, 3.63) is 34.9 Å². The lowest BCUT2D eigenvalue weighted by molar-refractivity contribution is 0.118. The molecule has 0 saturated heterocycles. The van der Waals surface area contributed by atoms with E-state index < -0.39 is 5.60 Å². The van der Waals surface area contributed by atoms with Crippen LogP contribution in [-0.4, -0.2) is 10.7 Å². The summed E-state index contributed by atoms with van der Waals surface area (Å²) in [6, 6.07) is 6.05. The van der Waals surface area contributed by atoms with E-state index in [2.05, 4.69) is 31.8 Å². The van der Waals surface area contributed by atoms with Crippen molar-refractivity contribution in [2.45, 2.75) is 39.7 Å². The van der Waals surface area contributed by atoms with E-state index in [0.29, 0.717) is 6.42 Å². The molecule has 1 nitrogen and oxygen atoms in total. The van der Waals surface area contributed by atoms with Crippen molar-refractivity contribution in [3.63, 3.8) is 0 Å². The van der Waals surface area contributed by atoms with Crippen molar-refractivity contribution in [3.8, 4) is 11.8 Å².